The largest absolute Gasteiger partial charge is 0.457 e. The molecule has 28 heavy (non-hydrogen) atoms. The molecule has 1 aliphatic carbocycles. The lowest BCUT2D eigenvalue weighted by molar-refractivity contribution is -0.139. The van der Waals surface area contributed by atoms with Crippen LogP contribution in [-0.4, -0.2) is 37.1 Å². The van der Waals surface area contributed by atoms with Crippen molar-refractivity contribution in [2.45, 2.75) is 30.6 Å². The summed E-state index contributed by atoms with van der Waals surface area (Å²) in [6, 6.07) is 11.5. The highest BCUT2D eigenvalue weighted by Crippen LogP contribution is 2.29. The third-order valence-corrected chi connectivity index (χ3v) is 6.24. The summed E-state index contributed by atoms with van der Waals surface area (Å²) in [5, 5.41) is 0. The molecule has 4 rings (SSSR count). The maximum absolute atomic E-state index is 12.3. The Bertz CT molecular complexity index is 969. The van der Waals surface area contributed by atoms with E-state index in [1.165, 1.54) is 29.3 Å². The number of fused-ring (bicyclic) bond motifs is 2. The molecule has 0 aromatic heterocycles. The van der Waals surface area contributed by atoms with Gasteiger partial charge in [0.2, 0.25) is 5.91 Å². The van der Waals surface area contributed by atoms with Crippen molar-refractivity contribution in [2.24, 2.45) is 0 Å². The minimum atomic E-state index is -0.407. The lowest BCUT2D eigenvalue weighted by atomic mass is 10.1. The van der Waals surface area contributed by atoms with E-state index in [1.807, 2.05) is 6.07 Å². The van der Waals surface area contributed by atoms with Crippen molar-refractivity contribution in [1.29, 1.82) is 0 Å². The van der Waals surface area contributed by atoms with Gasteiger partial charge in [-0.3, -0.25) is 14.4 Å². The summed E-state index contributed by atoms with van der Waals surface area (Å²) in [7, 11) is 1.72. The van der Waals surface area contributed by atoms with E-state index < -0.39 is 5.97 Å². The fourth-order valence-electron chi connectivity index (χ4n) is 3.69. The van der Waals surface area contributed by atoms with Gasteiger partial charge in [0.25, 0.3) is 0 Å². The monoisotopic (exact) mass is 395 g/mol. The molecule has 0 saturated heterocycles. The second-order valence-corrected chi connectivity index (χ2v) is 8.18. The molecule has 5 nitrogen and oxygen atoms in total. The van der Waals surface area contributed by atoms with Gasteiger partial charge in [-0.05, 0) is 66.3 Å². The Labute approximate surface area is 168 Å². The van der Waals surface area contributed by atoms with E-state index in [0.717, 1.165) is 29.0 Å². The molecule has 2 aliphatic rings. The Hall–Kier alpha value is -2.60. The van der Waals surface area contributed by atoms with Crippen LogP contribution in [0.1, 0.15) is 33.5 Å². The van der Waals surface area contributed by atoms with Crippen LogP contribution in [0, 0.1) is 0 Å². The van der Waals surface area contributed by atoms with Gasteiger partial charge in [0.15, 0.2) is 12.4 Å². The van der Waals surface area contributed by atoms with E-state index >= 15 is 0 Å². The van der Waals surface area contributed by atoms with Crippen LogP contribution in [-0.2, 0) is 33.6 Å². The van der Waals surface area contributed by atoms with Gasteiger partial charge in [-0.15, -0.1) is 11.8 Å². The summed E-state index contributed by atoms with van der Waals surface area (Å²) in [4.78, 5) is 38.7. The summed E-state index contributed by atoms with van der Waals surface area (Å²) in [6.07, 6.45) is 3.73. The fourth-order valence-corrected chi connectivity index (χ4v) is 4.45. The number of benzene rings is 2. The molecule has 1 heterocycles. The van der Waals surface area contributed by atoms with Crippen LogP contribution < -0.4 is 4.90 Å². The number of anilines is 1. The highest BCUT2D eigenvalue weighted by atomic mass is 32.2. The number of nitrogens with zero attached hydrogens (tertiary/aromatic N) is 1. The number of hydrogen-bond donors (Lipinski definition) is 0. The number of aryl methyl sites for hydroxylation is 2. The van der Waals surface area contributed by atoms with Gasteiger partial charge < -0.3 is 9.64 Å². The molecule has 0 bridgehead atoms. The Morgan fingerprint density at radius 3 is 2.75 bits per heavy atom. The van der Waals surface area contributed by atoms with Gasteiger partial charge in [-0.1, -0.05) is 6.07 Å². The lowest BCUT2D eigenvalue weighted by Crippen LogP contribution is -2.20. The molecule has 144 valence electrons. The van der Waals surface area contributed by atoms with Crippen LogP contribution >= 0.6 is 11.8 Å². The minimum absolute atomic E-state index is 0.00889. The van der Waals surface area contributed by atoms with Crippen molar-refractivity contribution >= 4 is 35.1 Å². The van der Waals surface area contributed by atoms with E-state index in [4.69, 9.17) is 4.74 Å². The van der Waals surface area contributed by atoms with Crippen LogP contribution in [0.4, 0.5) is 5.69 Å². The normalized spacial score (nSPS) is 14.8. The first-order chi connectivity index (χ1) is 13.5. The molecule has 2 aromatic rings. The number of ether oxygens (including phenoxy) is 1. The van der Waals surface area contributed by atoms with E-state index in [0.29, 0.717) is 12.0 Å². The van der Waals surface area contributed by atoms with Crippen LogP contribution in [0.25, 0.3) is 0 Å². The minimum Gasteiger partial charge on any atom is -0.457 e. The van der Waals surface area contributed by atoms with E-state index in [1.54, 1.807) is 30.1 Å². The highest BCUT2D eigenvalue weighted by molar-refractivity contribution is 8.00. The zero-order valence-corrected chi connectivity index (χ0v) is 16.5. The molecular weight excluding hydrogens is 374 g/mol. The molecule has 0 atom stereocenters. The van der Waals surface area contributed by atoms with Gasteiger partial charge in [0.05, 0.1) is 12.2 Å². The third-order valence-electron chi connectivity index (χ3n) is 5.27. The zero-order chi connectivity index (χ0) is 19.7. The Morgan fingerprint density at radius 1 is 1.07 bits per heavy atom. The van der Waals surface area contributed by atoms with E-state index in [9.17, 15) is 14.4 Å². The molecular formula is C22H21NO4S. The van der Waals surface area contributed by atoms with Crippen molar-refractivity contribution in [3.8, 4) is 0 Å². The SMILES string of the molecule is CN1C(=O)Cc2cc(C(=O)COC(=O)CSc3ccc4c(c3)CCC4)ccc21. The number of Topliss-reactive ketones (excluding diaryl/α,β-unsaturated/α-hetero) is 1. The molecule has 2 aromatic carbocycles. The number of thioether (sulfide) groups is 1. The second kappa shape index (κ2) is 7.80. The fraction of sp³-hybridized carbons (Fsp3) is 0.318. The number of rotatable bonds is 6. The average molecular weight is 395 g/mol. The second-order valence-electron chi connectivity index (χ2n) is 7.13. The standard InChI is InChI=1S/C22H21NO4S/c1-23-19-8-6-16(9-17(19)11-21(23)25)20(24)12-27-22(26)13-28-18-7-5-14-3-2-4-15(14)10-18/h5-10H,2-4,11-13H2,1H3. The lowest BCUT2D eigenvalue weighted by Gasteiger charge is -2.10. The Kier molecular flexibility index (Phi) is 5.22. The predicted octanol–water partition coefficient (Wildman–Crippen LogP) is 3.21. The average Bonchev–Trinajstić information content (AvgIpc) is 3.28. The molecule has 0 spiro atoms. The van der Waals surface area contributed by atoms with Crippen LogP contribution in [0.5, 0.6) is 0 Å². The van der Waals surface area contributed by atoms with Crippen LogP contribution in [0.2, 0.25) is 0 Å². The van der Waals surface area contributed by atoms with E-state index in [-0.39, 0.29) is 24.1 Å². The smallest absolute Gasteiger partial charge is 0.316 e. The first-order valence-electron chi connectivity index (χ1n) is 9.34. The van der Waals surface area contributed by atoms with Gasteiger partial charge in [0.1, 0.15) is 0 Å². The molecule has 6 heteroatoms. The van der Waals surface area contributed by atoms with Crippen LogP contribution in [0.3, 0.4) is 0 Å². The summed E-state index contributed by atoms with van der Waals surface area (Å²) < 4.78 is 5.15. The Morgan fingerprint density at radius 2 is 1.89 bits per heavy atom. The van der Waals surface area contributed by atoms with E-state index in [2.05, 4.69) is 12.1 Å². The Balaban J connectivity index is 1.28. The maximum atomic E-state index is 12.3. The maximum Gasteiger partial charge on any atom is 0.316 e. The number of carbonyl (C=O) groups is 3. The highest BCUT2D eigenvalue weighted by Gasteiger charge is 2.25. The third kappa shape index (κ3) is 3.83. The first-order valence-corrected chi connectivity index (χ1v) is 10.3. The van der Waals surface area contributed by atoms with Crippen molar-refractivity contribution in [2.75, 3.05) is 24.3 Å². The van der Waals surface area contributed by atoms with Crippen molar-refractivity contribution in [3.63, 3.8) is 0 Å². The van der Waals surface area contributed by atoms with Gasteiger partial charge in [-0.25, -0.2) is 0 Å². The van der Waals surface area contributed by atoms with Crippen molar-refractivity contribution < 1.29 is 19.1 Å². The van der Waals surface area contributed by atoms with Gasteiger partial charge >= 0.3 is 5.97 Å². The number of carbonyl (C=O) groups excluding carboxylic acids is 3. The van der Waals surface area contributed by atoms with Crippen LogP contribution in [0.15, 0.2) is 41.3 Å². The summed E-state index contributed by atoms with van der Waals surface area (Å²) in [5.74, 6) is -0.486. The number of ketones is 1. The quantitative estimate of drug-likeness (QED) is 0.427. The molecule has 0 N–H and O–H groups in total. The van der Waals surface area contributed by atoms with Crippen molar-refractivity contribution in [3.05, 3.63) is 58.7 Å². The number of amides is 1. The summed E-state index contributed by atoms with van der Waals surface area (Å²) in [6.45, 7) is -0.286. The summed E-state index contributed by atoms with van der Waals surface area (Å²) >= 11 is 1.43. The molecule has 0 unspecified atom stereocenters. The topological polar surface area (TPSA) is 63.7 Å². The molecule has 0 saturated carbocycles. The molecule has 0 fully saturated rings. The van der Waals surface area contributed by atoms with Crippen molar-refractivity contribution in [1.82, 2.24) is 0 Å². The number of likely N-dealkylation sites (N-methyl/N-ethyl adjacent to an activating group) is 1. The first kappa shape index (κ1) is 18.7. The molecule has 1 amide bonds. The summed E-state index contributed by atoms with van der Waals surface area (Å²) in [5.41, 5.74) is 4.89. The predicted molar refractivity (Wildman–Crippen MR) is 108 cm³/mol. The number of hydrogen-bond acceptors (Lipinski definition) is 5. The molecule has 1 aliphatic heterocycles. The number of esters is 1. The molecule has 0 radical (unpaired) electrons. The van der Waals surface area contributed by atoms with Gasteiger partial charge in [0, 0.05) is 23.2 Å². The van der Waals surface area contributed by atoms with Gasteiger partial charge in [-0.2, -0.15) is 0 Å². The zero-order valence-electron chi connectivity index (χ0n) is 15.7.